The van der Waals surface area contributed by atoms with E-state index in [1.165, 1.54) is 6.07 Å². The van der Waals surface area contributed by atoms with Gasteiger partial charge in [-0.2, -0.15) is 13.2 Å². The maximum atomic E-state index is 13.9. The monoisotopic (exact) mass is 261 g/mol. The molecule has 0 amide bonds. The van der Waals surface area contributed by atoms with E-state index in [4.69, 9.17) is 5.73 Å². The SMILES string of the molecule is CC(C)(c1ccc(C(F)(F)F)cc1F)C1(N)CC1. The third kappa shape index (κ3) is 2.00. The second-order valence-corrected chi connectivity index (χ2v) is 5.47. The van der Waals surface area contributed by atoms with Gasteiger partial charge in [0.2, 0.25) is 0 Å². The van der Waals surface area contributed by atoms with Crippen LogP contribution in [0.5, 0.6) is 0 Å². The minimum Gasteiger partial charge on any atom is -0.324 e. The zero-order valence-electron chi connectivity index (χ0n) is 10.2. The summed E-state index contributed by atoms with van der Waals surface area (Å²) in [5.41, 5.74) is 4.16. The van der Waals surface area contributed by atoms with Gasteiger partial charge in [-0.1, -0.05) is 19.9 Å². The first kappa shape index (κ1) is 13.3. The summed E-state index contributed by atoms with van der Waals surface area (Å²) in [5.74, 6) is -0.841. The molecule has 0 heterocycles. The number of benzene rings is 1. The summed E-state index contributed by atoms with van der Waals surface area (Å²) in [5, 5.41) is 0. The molecule has 1 aliphatic rings. The first-order valence-corrected chi connectivity index (χ1v) is 5.74. The number of hydrogen-bond donors (Lipinski definition) is 1. The van der Waals surface area contributed by atoms with Crippen LogP contribution in [0.2, 0.25) is 0 Å². The molecular weight excluding hydrogens is 246 g/mol. The van der Waals surface area contributed by atoms with E-state index in [0.717, 1.165) is 18.9 Å². The first-order chi connectivity index (χ1) is 8.08. The predicted octanol–water partition coefficient (Wildman–Crippen LogP) is 3.61. The van der Waals surface area contributed by atoms with Crippen molar-refractivity contribution in [3.8, 4) is 0 Å². The normalized spacial score (nSPS) is 18.8. The molecule has 0 spiro atoms. The van der Waals surface area contributed by atoms with Crippen LogP contribution in [0.15, 0.2) is 18.2 Å². The van der Waals surface area contributed by atoms with Crippen molar-refractivity contribution < 1.29 is 17.6 Å². The zero-order valence-corrected chi connectivity index (χ0v) is 10.2. The molecule has 1 nitrogen and oxygen atoms in total. The predicted molar refractivity (Wildman–Crippen MR) is 60.6 cm³/mol. The molecule has 0 aliphatic heterocycles. The summed E-state index contributed by atoms with van der Waals surface area (Å²) in [6.45, 7) is 3.54. The molecule has 1 aromatic rings. The van der Waals surface area contributed by atoms with Gasteiger partial charge in [0.05, 0.1) is 5.56 Å². The molecule has 2 rings (SSSR count). The minimum atomic E-state index is -4.52. The molecule has 100 valence electrons. The van der Waals surface area contributed by atoms with Crippen molar-refractivity contribution in [3.63, 3.8) is 0 Å². The first-order valence-electron chi connectivity index (χ1n) is 5.74. The molecule has 0 bridgehead atoms. The third-order valence-electron chi connectivity index (χ3n) is 4.00. The van der Waals surface area contributed by atoms with Crippen molar-refractivity contribution in [3.05, 3.63) is 35.1 Å². The Morgan fingerprint density at radius 3 is 2.11 bits per heavy atom. The van der Waals surface area contributed by atoms with Crippen molar-refractivity contribution in [2.24, 2.45) is 5.73 Å². The van der Waals surface area contributed by atoms with Crippen molar-refractivity contribution in [2.45, 2.75) is 43.8 Å². The maximum Gasteiger partial charge on any atom is 0.416 e. The second-order valence-electron chi connectivity index (χ2n) is 5.47. The molecular formula is C13H15F4N. The molecule has 0 radical (unpaired) electrons. The van der Waals surface area contributed by atoms with Crippen LogP contribution in [-0.4, -0.2) is 5.54 Å². The van der Waals surface area contributed by atoms with Gasteiger partial charge in [-0.05, 0) is 30.5 Å². The lowest BCUT2D eigenvalue weighted by Gasteiger charge is -2.33. The van der Waals surface area contributed by atoms with Gasteiger partial charge in [-0.3, -0.25) is 0 Å². The van der Waals surface area contributed by atoms with Gasteiger partial charge >= 0.3 is 6.18 Å². The Morgan fingerprint density at radius 2 is 1.72 bits per heavy atom. The third-order valence-corrected chi connectivity index (χ3v) is 4.00. The summed E-state index contributed by atoms with van der Waals surface area (Å²) in [7, 11) is 0. The van der Waals surface area contributed by atoms with E-state index < -0.39 is 28.5 Å². The molecule has 1 aliphatic carbocycles. The Labute approximate surface area is 103 Å². The Kier molecular flexibility index (Phi) is 2.74. The molecule has 1 fully saturated rings. The molecule has 0 unspecified atom stereocenters. The average molecular weight is 261 g/mol. The van der Waals surface area contributed by atoms with Crippen LogP contribution >= 0.6 is 0 Å². The van der Waals surface area contributed by atoms with Crippen molar-refractivity contribution in [2.75, 3.05) is 0 Å². The molecule has 1 saturated carbocycles. The molecule has 18 heavy (non-hydrogen) atoms. The maximum absolute atomic E-state index is 13.9. The van der Waals surface area contributed by atoms with Crippen LogP contribution in [0.25, 0.3) is 0 Å². The fraction of sp³-hybridized carbons (Fsp3) is 0.538. The standard InChI is InChI=1S/C13H15F4N/c1-11(2,12(18)5-6-12)9-4-3-8(7-10(9)14)13(15,16)17/h3-4,7H,5-6,18H2,1-2H3. The summed E-state index contributed by atoms with van der Waals surface area (Å²) in [4.78, 5) is 0. The van der Waals surface area contributed by atoms with Gasteiger partial charge in [0, 0.05) is 11.0 Å². The largest absolute Gasteiger partial charge is 0.416 e. The number of halogens is 4. The number of hydrogen-bond acceptors (Lipinski definition) is 1. The van der Waals surface area contributed by atoms with Gasteiger partial charge in [-0.15, -0.1) is 0 Å². The van der Waals surface area contributed by atoms with Crippen molar-refractivity contribution in [1.82, 2.24) is 0 Å². The minimum absolute atomic E-state index is 0.246. The van der Waals surface area contributed by atoms with E-state index in [9.17, 15) is 17.6 Å². The second kappa shape index (κ2) is 3.70. The summed E-state index contributed by atoms with van der Waals surface area (Å²) < 4.78 is 51.2. The molecule has 1 aromatic carbocycles. The molecule has 0 aromatic heterocycles. The van der Waals surface area contributed by atoms with Crippen molar-refractivity contribution >= 4 is 0 Å². The van der Waals surface area contributed by atoms with Gasteiger partial charge in [0.25, 0.3) is 0 Å². The van der Waals surface area contributed by atoms with E-state index in [1.807, 2.05) is 0 Å². The number of nitrogens with two attached hydrogens (primary N) is 1. The summed E-state index contributed by atoms with van der Waals surface area (Å²) in [6.07, 6.45) is -3.00. The van der Waals surface area contributed by atoms with Crippen LogP contribution in [-0.2, 0) is 11.6 Å². The summed E-state index contributed by atoms with van der Waals surface area (Å²) >= 11 is 0. The highest BCUT2D eigenvalue weighted by Gasteiger charge is 2.52. The molecule has 0 atom stereocenters. The Morgan fingerprint density at radius 1 is 1.17 bits per heavy atom. The smallest absolute Gasteiger partial charge is 0.324 e. The van der Waals surface area contributed by atoms with Crippen LogP contribution < -0.4 is 5.73 Å². The molecule has 2 N–H and O–H groups in total. The lowest BCUT2D eigenvalue weighted by Crippen LogP contribution is -2.43. The molecule has 5 heteroatoms. The van der Waals surface area contributed by atoms with Gasteiger partial charge < -0.3 is 5.73 Å². The fourth-order valence-corrected chi connectivity index (χ4v) is 2.23. The van der Waals surface area contributed by atoms with E-state index >= 15 is 0 Å². The van der Waals surface area contributed by atoms with Crippen LogP contribution in [0.4, 0.5) is 17.6 Å². The Hall–Kier alpha value is -1.10. The molecule has 0 saturated heterocycles. The van der Waals surface area contributed by atoms with E-state index in [1.54, 1.807) is 13.8 Å². The number of alkyl halides is 3. The van der Waals surface area contributed by atoms with Gasteiger partial charge in [0.15, 0.2) is 0 Å². The lowest BCUT2D eigenvalue weighted by molar-refractivity contribution is -0.137. The highest BCUT2D eigenvalue weighted by molar-refractivity contribution is 5.36. The Bertz CT molecular complexity index is 472. The van der Waals surface area contributed by atoms with E-state index in [-0.39, 0.29) is 5.56 Å². The van der Waals surface area contributed by atoms with E-state index in [0.29, 0.717) is 6.07 Å². The summed E-state index contributed by atoms with van der Waals surface area (Å²) in [6, 6.07) is 2.65. The van der Waals surface area contributed by atoms with E-state index in [2.05, 4.69) is 0 Å². The average Bonchev–Trinajstić information content (AvgIpc) is 2.96. The highest BCUT2D eigenvalue weighted by atomic mass is 19.4. The van der Waals surface area contributed by atoms with Crippen LogP contribution in [0.1, 0.15) is 37.8 Å². The topological polar surface area (TPSA) is 26.0 Å². The van der Waals surface area contributed by atoms with Crippen molar-refractivity contribution in [1.29, 1.82) is 0 Å². The van der Waals surface area contributed by atoms with Crippen LogP contribution in [0.3, 0.4) is 0 Å². The highest BCUT2D eigenvalue weighted by Crippen LogP contribution is 2.50. The van der Waals surface area contributed by atoms with Gasteiger partial charge in [0.1, 0.15) is 5.82 Å². The zero-order chi connectivity index (χ0) is 13.8. The number of rotatable bonds is 2. The Balaban J connectivity index is 2.42. The lowest BCUT2D eigenvalue weighted by atomic mass is 9.75. The quantitative estimate of drug-likeness (QED) is 0.808. The fourth-order valence-electron chi connectivity index (χ4n) is 2.23. The van der Waals surface area contributed by atoms with Crippen LogP contribution in [0, 0.1) is 5.82 Å². The van der Waals surface area contributed by atoms with Gasteiger partial charge in [-0.25, -0.2) is 4.39 Å².